The SMILES string of the molecule is O=C(c1cccs1)N1CCN(C(=O)c2n[nH]c3ccccc23)CC1. The molecule has 7 heteroatoms. The van der Waals surface area contributed by atoms with E-state index in [9.17, 15) is 9.59 Å². The summed E-state index contributed by atoms with van der Waals surface area (Å²) in [4.78, 5) is 29.4. The van der Waals surface area contributed by atoms with Crippen LogP contribution in [-0.2, 0) is 0 Å². The average Bonchev–Trinajstić information content (AvgIpc) is 3.30. The average molecular weight is 340 g/mol. The van der Waals surface area contributed by atoms with E-state index in [-0.39, 0.29) is 11.8 Å². The van der Waals surface area contributed by atoms with Crippen molar-refractivity contribution >= 4 is 34.1 Å². The number of amides is 2. The third-order valence-electron chi connectivity index (χ3n) is 4.26. The number of carbonyl (C=O) groups excluding carboxylic acids is 2. The maximum absolute atomic E-state index is 12.7. The van der Waals surface area contributed by atoms with E-state index in [4.69, 9.17) is 0 Å². The summed E-state index contributed by atoms with van der Waals surface area (Å²) in [6.07, 6.45) is 0. The molecule has 4 rings (SSSR count). The minimum Gasteiger partial charge on any atom is -0.334 e. The molecule has 1 fully saturated rings. The second-order valence-electron chi connectivity index (χ2n) is 5.68. The van der Waals surface area contributed by atoms with Crippen molar-refractivity contribution in [1.29, 1.82) is 0 Å². The Morgan fingerprint density at radius 3 is 2.38 bits per heavy atom. The molecule has 3 aromatic rings. The molecule has 0 bridgehead atoms. The largest absolute Gasteiger partial charge is 0.334 e. The summed E-state index contributed by atoms with van der Waals surface area (Å²) in [5, 5.41) is 9.79. The zero-order valence-corrected chi connectivity index (χ0v) is 13.8. The molecule has 1 aliphatic heterocycles. The van der Waals surface area contributed by atoms with E-state index in [1.807, 2.05) is 41.8 Å². The Kier molecular flexibility index (Phi) is 3.78. The molecule has 3 heterocycles. The van der Waals surface area contributed by atoms with Gasteiger partial charge < -0.3 is 9.80 Å². The Morgan fingerprint density at radius 2 is 1.67 bits per heavy atom. The number of fused-ring (bicyclic) bond motifs is 1. The number of aromatic nitrogens is 2. The van der Waals surface area contributed by atoms with E-state index < -0.39 is 0 Å². The van der Waals surface area contributed by atoms with Gasteiger partial charge in [0.1, 0.15) is 0 Å². The molecule has 1 aromatic carbocycles. The monoisotopic (exact) mass is 340 g/mol. The number of aromatic amines is 1. The van der Waals surface area contributed by atoms with E-state index >= 15 is 0 Å². The first-order valence-corrected chi connectivity index (χ1v) is 8.67. The predicted molar refractivity (Wildman–Crippen MR) is 92.2 cm³/mol. The number of para-hydroxylation sites is 1. The van der Waals surface area contributed by atoms with Crippen LogP contribution in [0.3, 0.4) is 0 Å². The van der Waals surface area contributed by atoms with Gasteiger partial charge in [0.2, 0.25) is 0 Å². The lowest BCUT2D eigenvalue weighted by molar-refractivity contribution is 0.0536. The number of carbonyl (C=O) groups is 2. The molecular weight excluding hydrogens is 324 g/mol. The number of hydrogen-bond acceptors (Lipinski definition) is 4. The molecule has 0 aliphatic carbocycles. The third kappa shape index (κ3) is 2.56. The molecule has 0 unspecified atom stereocenters. The molecule has 2 aromatic heterocycles. The van der Waals surface area contributed by atoms with Crippen LogP contribution in [-0.4, -0.2) is 58.0 Å². The molecule has 2 amide bonds. The second-order valence-corrected chi connectivity index (χ2v) is 6.63. The van der Waals surface area contributed by atoms with E-state index in [1.165, 1.54) is 11.3 Å². The Morgan fingerprint density at radius 1 is 0.958 bits per heavy atom. The first-order chi connectivity index (χ1) is 11.7. The first-order valence-electron chi connectivity index (χ1n) is 7.79. The molecule has 24 heavy (non-hydrogen) atoms. The number of nitrogens with one attached hydrogen (secondary N) is 1. The molecule has 1 aliphatic rings. The van der Waals surface area contributed by atoms with E-state index in [0.717, 1.165) is 15.8 Å². The lowest BCUT2D eigenvalue weighted by Crippen LogP contribution is -2.50. The number of thiophene rings is 1. The van der Waals surface area contributed by atoms with Crippen LogP contribution < -0.4 is 0 Å². The van der Waals surface area contributed by atoms with Crippen molar-refractivity contribution in [2.75, 3.05) is 26.2 Å². The van der Waals surface area contributed by atoms with Crippen LogP contribution in [0.25, 0.3) is 10.9 Å². The molecule has 0 saturated carbocycles. The highest BCUT2D eigenvalue weighted by molar-refractivity contribution is 7.12. The zero-order chi connectivity index (χ0) is 16.5. The molecule has 0 atom stereocenters. The van der Waals surface area contributed by atoms with Gasteiger partial charge in [-0.3, -0.25) is 14.7 Å². The summed E-state index contributed by atoms with van der Waals surface area (Å²) < 4.78 is 0. The van der Waals surface area contributed by atoms with Crippen LogP contribution in [0.2, 0.25) is 0 Å². The van der Waals surface area contributed by atoms with E-state index in [0.29, 0.717) is 31.9 Å². The molecule has 6 nitrogen and oxygen atoms in total. The highest BCUT2D eigenvalue weighted by Crippen LogP contribution is 2.19. The van der Waals surface area contributed by atoms with Gasteiger partial charge in [0.15, 0.2) is 5.69 Å². The van der Waals surface area contributed by atoms with Gasteiger partial charge in [-0.25, -0.2) is 0 Å². The highest BCUT2D eigenvalue weighted by atomic mass is 32.1. The Bertz CT molecular complexity index is 879. The van der Waals surface area contributed by atoms with Gasteiger partial charge in [0.05, 0.1) is 10.4 Å². The smallest absolute Gasteiger partial charge is 0.275 e. The van der Waals surface area contributed by atoms with Crippen LogP contribution in [0, 0.1) is 0 Å². The third-order valence-corrected chi connectivity index (χ3v) is 5.12. The van der Waals surface area contributed by atoms with Gasteiger partial charge in [-0.15, -0.1) is 11.3 Å². The summed E-state index contributed by atoms with van der Waals surface area (Å²) in [5.74, 6) is -0.0435. The molecular formula is C17H16N4O2S. The Hall–Kier alpha value is -2.67. The van der Waals surface area contributed by atoms with Crippen molar-refractivity contribution in [3.63, 3.8) is 0 Å². The number of rotatable bonds is 2. The van der Waals surface area contributed by atoms with Gasteiger partial charge in [-0.2, -0.15) is 5.10 Å². The summed E-state index contributed by atoms with van der Waals surface area (Å²) in [6, 6.07) is 11.3. The van der Waals surface area contributed by atoms with Crippen molar-refractivity contribution in [2.24, 2.45) is 0 Å². The van der Waals surface area contributed by atoms with Crippen molar-refractivity contribution < 1.29 is 9.59 Å². The highest BCUT2D eigenvalue weighted by Gasteiger charge is 2.27. The van der Waals surface area contributed by atoms with Crippen molar-refractivity contribution in [3.8, 4) is 0 Å². The summed E-state index contributed by atoms with van der Waals surface area (Å²) in [7, 11) is 0. The van der Waals surface area contributed by atoms with Gasteiger partial charge in [0.25, 0.3) is 11.8 Å². The number of piperazine rings is 1. The summed E-state index contributed by atoms with van der Waals surface area (Å²) in [6.45, 7) is 2.14. The fraction of sp³-hybridized carbons (Fsp3) is 0.235. The topological polar surface area (TPSA) is 69.3 Å². The molecule has 0 radical (unpaired) electrons. The fourth-order valence-corrected chi connectivity index (χ4v) is 3.64. The fourth-order valence-electron chi connectivity index (χ4n) is 2.94. The lowest BCUT2D eigenvalue weighted by Gasteiger charge is -2.34. The minimum absolute atomic E-state index is 0.0438. The normalized spacial score (nSPS) is 15.0. The summed E-state index contributed by atoms with van der Waals surface area (Å²) in [5.41, 5.74) is 1.30. The molecule has 122 valence electrons. The number of benzene rings is 1. The second kappa shape index (κ2) is 6.09. The maximum atomic E-state index is 12.7. The number of H-pyrrole nitrogens is 1. The Balaban J connectivity index is 1.46. The van der Waals surface area contributed by atoms with Crippen molar-refractivity contribution in [1.82, 2.24) is 20.0 Å². The molecule has 1 saturated heterocycles. The minimum atomic E-state index is -0.0873. The number of nitrogens with zero attached hydrogens (tertiary/aromatic N) is 3. The van der Waals surface area contributed by atoms with Gasteiger partial charge in [-0.05, 0) is 17.5 Å². The number of hydrogen-bond donors (Lipinski definition) is 1. The quantitative estimate of drug-likeness (QED) is 0.778. The van der Waals surface area contributed by atoms with Gasteiger partial charge in [-0.1, -0.05) is 24.3 Å². The van der Waals surface area contributed by atoms with Crippen LogP contribution in [0.5, 0.6) is 0 Å². The van der Waals surface area contributed by atoms with Crippen molar-refractivity contribution in [3.05, 3.63) is 52.3 Å². The van der Waals surface area contributed by atoms with Crippen LogP contribution in [0.15, 0.2) is 41.8 Å². The lowest BCUT2D eigenvalue weighted by atomic mass is 10.2. The summed E-state index contributed by atoms with van der Waals surface area (Å²) >= 11 is 1.45. The van der Waals surface area contributed by atoms with E-state index in [1.54, 1.807) is 9.80 Å². The van der Waals surface area contributed by atoms with E-state index in [2.05, 4.69) is 10.2 Å². The van der Waals surface area contributed by atoms with Crippen LogP contribution in [0.4, 0.5) is 0 Å². The van der Waals surface area contributed by atoms with Gasteiger partial charge >= 0.3 is 0 Å². The predicted octanol–water partition coefficient (Wildman–Crippen LogP) is 2.22. The Labute approximate surface area is 142 Å². The molecule has 0 spiro atoms. The van der Waals surface area contributed by atoms with Crippen molar-refractivity contribution in [2.45, 2.75) is 0 Å². The van der Waals surface area contributed by atoms with Crippen LogP contribution in [0.1, 0.15) is 20.2 Å². The molecule has 1 N–H and O–H groups in total. The zero-order valence-electron chi connectivity index (χ0n) is 12.9. The standard InChI is InChI=1S/C17H16N4O2S/c22-16(14-6-3-11-24-14)20-7-9-21(10-8-20)17(23)15-12-4-1-2-5-13(12)18-19-15/h1-6,11H,7-10H2,(H,18,19). The van der Waals surface area contributed by atoms with Gasteiger partial charge in [0, 0.05) is 31.6 Å². The van der Waals surface area contributed by atoms with Crippen LogP contribution >= 0.6 is 11.3 Å². The maximum Gasteiger partial charge on any atom is 0.275 e. The first kappa shape index (κ1) is 14.9.